The van der Waals surface area contributed by atoms with Gasteiger partial charge in [-0.3, -0.25) is 14.9 Å². The average molecular weight is 365 g/mol. The number of carbonyl (C=O) groups excluding carboxylic acids is 1. The Bertz CT molecular complexity index is 929. The molecule has 7 heteroatoms. The quantitative estimate of drug-likeness (QED) is 0.750. The lowest BCUT2D eigenvalue weighted by Crippen LogP contribution is -2.36. The van der Waals surface area contributed by atoms with Crippen molar-refractivity contribution in [3.8, 4) is 11.4 Å². The fraction of sp³-hybridized carbons (Fsp3) is 0.400. The second-order valence-corrected chi connectivity index (χ2v) is 7.27. The van der Waals surface area contributed by atoms with E-state index >= 15 is 0 Å². The summed E-state index contributed by atoms with van der Waals surface area (Å²) in [5, 5.41) is 7.06. The van der Waals surface area contributed by atoms with Crippen LogP contribution < -0.4 is 0 Å². The largest absolute Gasteiger partial charge is 0.445 e. The molecule has 1 N–H and O–H groups in total. The summed E-state index contributed by atoms with van der Waals surface area (Å²) in [6.07, 6.45) is 4.29. The lowest BCUT2D eigenvalue weighted by Gasteiger charge is -2.24. The third kappa shape index (κ3) is 3.77. The first-order valence-electron chi connectivity index (χ1n) is 9.33. The van der Waals surface area contributed by atoms with E-state index in [1.807, 2.05) is 18.2 Å². The first-order valence-corrected chi connectivity index (χ1v) is 9.33. The van der Waals surface area contributed by atoms with Crippen LogP contribution in [0.1, 0.15) is 48.1 Å². The van der Waals surface area contributed by atoms with Crippen molar-refractivity contribution in [2.45, 2.75) is 39.7 Å². The van der Waals surface area contributed by atoms with E-state index < -0.39 is 0 Å². The molecule has 4 heterocycles. The molecule has 0 bridgehead atoms. The topological polar surface area (TPSA) is 87.9 Å². The van der Waals surface area contributed by atoms with Crippen LogP contribution in [0.25, 0.3) is 11.4 Å². The standard InChI is InChI=1S/C20H23N5O2/c1-13(2)6-7-19-22-17-12-25(10-8-18(17)27-19)20(26)16-11-15(23-24-16)14-5-3-4-9-21-14/h3-5,9,11,13H,6-8,10,12H2,1-2H3,(H,23,24). The summed E-state index contributed by atoms with van der Waals surface area (Å²) >= 11 is 0. The van der Waals surface area contributed by atoms with Gasteiger partial charge in [0.15, 0.2) is 5.89 Å². The number of hydrogen-bond donors (Lipinski definition) is 1. The number of H-pyrrole nitrogens is 1. The number of aryl methyl sites for hydroxylation is 1. The Hall–Kier alpha value is -2.96. The highest BCUT2D eigenvalue weighted by Gasteiger charge is 2.27. The minimum absolute atomic E-state index is 0.0814. The Balaban J connectivity index is 1.46. The maximum atomic E-state index is 12.9. The highest BCUT2D eigenvalue weighted by molar-refractivity contribution is 5.93. The average Bonchev–Trinajstić information content (AvgIpc) is 3.33. The molecule has 140 valence electrons. The molecule has 0 atom stereocenters. The Morgan fingerprint density at radius 2 is 2.22 bits per heavy atom. The number of aromatic amines is 1. The number of carbonyl (C=O) groups is 1. The van der Waals surface area contributed by atoms with E-state index in [9.17, 15) is 4.79 Å². The maximum absolute atomic E-state index is 12.9. The van der Waals surface area contributed by atoms with Gasteiger partial charge in [-0.15, -0.1) is 0 Å². The van der Waals surface area contributed by atoms with Crippen molar-refractivity contribution in [3.05, 3.63) is 53.5 Å². The Kier molecular flexibility index (Phi) is 4.75. The highest BCUT2D eigenvalue weighted by Crippen LogP contribution is 2.23. The molecule has 27 heavy (non-hydrogen) atoms. The molecule has 3 aromatic heterocycles. The van der Waals surface area contributed by atoms with Crippen molar-refractivity contribution < 1.29 is 9.21 Å². The number of nitrogens with zero attached hydrogens (tertiary/aromatic N) is 4. The predicted molar refractivity (Wildman–Crippen MR) is 99.9 cm³/mol. The molecule has 0 unspecified atom stereocenters. The minimum atomic E-state index is -0.0814. The first kappa shape index (κ1) is 17.5. The number of amides is 1. The molecule has 0 radical (unpaired) electrons. The first-order chi connectivity index (χ1) is 13.1. The normalized spacial score (nSPS) is 13.8. The van der Waals surface area contributed by atoms with Gasteiger partial charge in [-0.2, -0.15) is 5.10 Å². The summed E-state index contributed by atoms with van der Waals surface area (Å²) in [5.41, 5.74) is 2.73. The van der Waals surface area contributed by atoms with Crippen LogP contribution in [-0.4, -0.2) is 37.5 Å². The van der Waals surface area contributed by atoms with Gasteiger partial charge in [0, 0.05) is 25.6 Å². The van der Waals surface area contributed by atoms with Crippen LogP contribution in [0, 0.1) is 5.92 Å². The number of hydrogen-bond acceptors (Lipinski definition) is 5. The van der Waals surface area contributed by atoms with Gasteiger partial charge in [0.1, 0.15) is 22.8 Å². The van der Waals surface area contributed by atoms with Gasteiger partial charge in [0.25, 0.3) is 5.91 Å². The van der Waals surface area contributed by atoms with E-state index in [0.29, 0.717) is 36.8 Å². The van der Waals surface area contributed by atoms with Crippen LogP contribution in [0.2, 0.25) is 0 Å². The Labute approximate surface area is 157 Å². The summed E-state index contributed by atoms with van der Waals surface area (Å²) in [6.45, 7) is 5.46. The monoisotopic (exact) mass is 365 g/mol. The maximum Gasteiger partial charge on any atom is 0.272 e. The molecule has 0 spiro atoms. The minimum Gasteiger partial charge on any atom is -0.445 e. The van der Waals surface area contributed by atoms with E-state index in [-0.39, 0.29) is 5.91 Å². The molecule has 4 rings (SSSR count). The molecule has 1 aliphatic rings. The lowest BCUT2D eigenvalue weighted by molar-refractivity contribution is 0.0722. The zero-order valence-corrected chi connectivity index (χ0v) is 15.6. The third-order valence-electron chi connectivity index (χ3n) is 4.73. The van der Waals surface area contributed by atoms with Gasteiger partial charge in [-0.25, -0.2) is 4.98 Å². The Morgan fingerprint density at radius 3 is 3.00 bits per heavy atom. The molecule has 0 saturated heterocycles. The second-order valence-electron chi connectivity index (χ2n) is 7.27. The van der Waals surface area contributed by atoms with Gasteiger partial charge in [0.05, 0.1) is 12.2 Å². The molecule has 0 aliphatic carbocycles. The molecular formula is C20H23N5O2. The van der Waals surface area contributed by atoms with Gasteiger partial charge in [-0.05, 0) is 30.5 Å². The number of rotatable bonds is 5. The van der Waals surface area contributed by atoms with Gasteiger partial charge in [0.2, 0.25) is 0 Å². The summed E-state index contributed by atoms with van der Waals surface area (Å²) in [4.78, 5) is 23.5. The van der Waals surface area contributed by atoms with Crippen molar-refractivity contribution in [2.24, 2.45) is 5.92 Å². The summed E-state index contributed by atoms with van der Waals surface area (Å²) in [5.74, 6) is 2.22. The smallest absolute Gasteiger partial charge is 0.272 e. The van der Waals surface area contributed by atoms with E-state index in [4.69, 9.17) is 4.42 Å². The van der Waals surface area contributed by atoms with Crippen molar-refractivity contribution in [1.29, 1.82) is 0 Å². The Morgan fingerprint density at radius 1 is 1.33 bits per heavy atom. The summed E-state index contributed by atoms with van der Waals surface area (Å²) in [6, 6.07) is 7.36. The van der Waals surface area contributed by atoms with Crippen molar-refractivity contribution in [2.75, 3.05) is 6.54 Å². The molecule has 0 fully saturated rings. The number of fused-ring (bicyclic) bond motifs is 1. The molecule has 1 amide bonds. The number of oxazole rings is 1. The molecule has 3 aromatic rings. The van der Waals surface area contributed by atoms with Crippen molar-refractivity contribution in [3.63, 3.8) is 0 Å². The number of nitrogens with one attached hydrogen (secondary N) is 1. The molecule has 0 saturated carbocycles. The molecular weight excluding hydrogens is 342 g/mol. The zero-order valence-electron chi connectivity index (χ0n) is 15.6. The summed E-state index contributed by atoms with van der Waals surface area (Å²) in [7, 11) is 0. The predicted octanol–water partition coefficient (Wildman–Crippen LogP) is 3.25. The van der Waals surface area contributed by atoms with Gasteiger partial charge < -0.3 is 9.32 Å². The van der Waals surface area contributed by atoms with Crippen LogP contribution >= 0.6 is 0 Å². The SMILES string of the molecule is CC(C)CCc1nc2c(o1)CCN(C(=O)c1cc(-c3ccccn3)n[nH]1)C2. The van der Waals surface area contributed by atoms with Crippen LogP contribution in [0.5, 0.6) is 0 Å². The third-order valence-corrected chi connectivity index (χ3v) is 4.73. The van der Waals surface area contributed by atoms with Crippen molar-refractivity contribution in [1.82, 2.24) is 25.1 Å². The number of aromatic nitrogens is 4. The van der Waals surface area contributed by atoms with Crippen LogP contribution in [0.3, 0.4) is 0 Å². The van der Waals surface area contributed by atoms with Crippen LogP contribution in [0.4, 0.5) is 0 Å². The molecule has 7 nitrogen and oxygen atoms in total. The zero-order chi connectivity index (χ0) is 18.8. The van der Waals surface area contributed by atoms with Gasteiger partial charge >= 0.3 is 0 Å². The second kappa shape index (κ2) is 7.34. The van der Waals surface area contributed by atoms with E-state index in [0.717, 1.165) is 35.9 Å². The summed E-state index contributed by atoms with van der Waals surface area (Å²) < 4.78 is 5.87. The van der Waals surface area contributed by atoms with Gasteiger partial charge in [-0.1, -0.05) is 19.9 Å². The van der Waals surface area contributed by atoms with E-state index in [2.05, 4.69) is 34.0 Å². The van der Waals surface area contributed by atoms with E-state index in [1.165, 1.54) is 0 Å². The van der Waals surface area contributed by atoms with Crippen molar-refractivity contribution >= 4 is 5.91 Å². The molecule has 0 aromatic carbocycles. The van der Waals surface area contributed by atoms with Crippen LogP contribution in [0.15, 0.2) is 34.9 Å². The van der Waals surface area contributed by atoms with E-state index in [1.54, 1.807) is 17.2 Å². The number of pyridine rings is 1. The lowest BCUT2D eigenvalue weighted by atomic mass is 10.1. The van der Waals surface area contributed by atoms with Crippen LogP contribution in [-0.2, 0) is 19.4 Å². The fourth-order valence-electron chi connectivity index (χ4n) is 3.19. The molecule has 1 aliphatic heterocycles. The fourth-order valence-corrected chi connectivity index (χ4v) is 3.19. The highest BCUT2D eigenvalue weighted by atomic mass is 16.4.